The second-order valence-electron chi connectivity index (χ2n) is 6.49. The number of hydrogen-bond donors (Lipinski definition) is 0. The van der Waals surface area contributed by atoms with Crippen molar-refractivity contribution in [3.8, 4) is 5.88 Å². The zero-order chi connectivity index (χ0) is 17.2. The standard InChI is InChI=1S/C18H21ClN4O2/c19-15-4-2-14(3-5-15)13-21-7-9-22(10-8-21)18(24)16-12-17-23(20-16)6-1-11-25-17/h2-5,12H,1,6-11,13H2. The topological polar surface area (TPSA) is 50.6 Å². The van der Waals surface area contributed by atoms with Crippen molar-refractivity contribution in [2.24, 2.45) is 0 Å². The van der Waals surface area contributed by atoms with Gasteiger partial charge in [0.2, 0.25) is 5.88 Å². The molecule has 7 heteroatoms. The lowest BCUT2D eigenvalue weighted by molar-refractivity contribution is 0.0621. The maximum Gasteiger partial charge on any atom is 0.274 e. The van der Waals surface area contributed by atoms with E-state index in [1.165, 1.54) is 5.56 Å². The van der Waals surface area contributed by atoms with E-state index in [-0.39, 0.29) is 5.91 Å². The molecule has 0 aliphatic carbocycles. The Morgan fingerprint density at radius 1 is 1.12 bits per heavy atom. The molecule has 25 heavy (non-hydrogen) atoms. The number of aromatic nitrogens is 2. The fourth-order valence-electron chi connectivity index (χ4n) is 3.29. The number of amides is 1. The van der Waals surface area contributed by atoms with Gasteiger partial charge in [-0.15, -0.1) is 0 Å². The highest BCUT2D eigenvalue weighted by Crippen LogP contribution is 2.20. The van der Waals surface area contributed by atoms with Gasteiger partial charge >= 0.3 is 0 Å². The summed E-state index contributed by atoms with van der Waals surface area (Å²) in [5.41, 5.74) is 1.73. The summed E-state index contributed by atoms with van der Waals surface area (Å²) in [6.07, 6.45) is 0.936. The van der Waals surface area contributed by atoms with E-state index in [0.29, 0.717) is 18.2 Å². The third-order valence-corrected chi connectivity index (χ3v) is 4.96. The summed E-state index contributed by atoms with van der Waals surface area (Å²) in [7, 11) is 0. The van der Waals surface area contributed by atoms with Gasteiger partial charge in [0.05, 0.1) is 6.61 Å². The van der Waals surface area contributed by atoms with Crippen molar-refractivity contribution in [1.82, 2.24) is 19.6 Å². The first kappa shape index (κ1) is 16.4. The minimum atomic E-state index is -0.00311. The van der Waals surface area contributed by atoms with Gasteiger partial charge in [0.15, 0.2) is 5.69 Å². The van der Waals surface area contributed by atoms with E-state index in [1.54, 1.807) is 10.7 Å². The number of fused-ring (bicyclic) bond motifs is 1. The van der Waals surface area contributed by atoms with Crippen LogP contribution in [0.4, 0.5) is 0 Å². The monoisotopic (exact) mass is 360 g/mol. The van der Waals surface area contributed by atoms with E-state index in [2.05, 4.69) is 22.1 Å². The van der Waals surface area contributed by atoms with Gasteiger partial charge in [-0.25, -0.2) is 4.68 Å². The maximum absolute atomic E-state index is 12.7. The second-order valence-corrected chi connectivity index (χ2v) is 6.92. The molecule has 1 aromatic carbocycles. The SMILES string of the molecule is O=C(c1cc2n(n1)CCCO2)N1CCN(Cc2ccc(Cl)cc2)CC1. The molecular weight excluding hydrogens is 340 g/mol. The molecule has 0 saturated carbocycles. The molecule has 2 aliphatic rings. The van der Waals surface area contributed by atoms with Crippen molar-refractivity contribution in [1.29, 1.82) is 0 Å². The van der Waals surface area contributed by atoms with E-state index >= 15 is 0 Å². The normalized spacial score (nSPS) is 17.9. The first-order valence-electron chi connectivity index (χ1n) is 8.66. The van der Waals surface area contributed by atoms with Crippen molar-refractivity contribution in [3.05, 3.63) is 46.6 Å². The van der Waals surface area contributed by atoms with Crippen LogP contribution in [0.2, 0.25) is 5.02 Å². The number of piperazine rings is 1. The molecular formula is C18H21ClN4O2. The van der Waals surface area contributed by atoms with Crippen molar-refractivity contribution in [2.75, 3.05) is 32.8 Å². The van der Waals surface area contributed by atoms with Crippen LogP contribution in [-0.2, 0) is 13.1 Å². The Kier molecular flexibility index (Phi) is 4.63. The van der Waals surface area contributed by atoms with E-state index in [9.17, 15) is 4.79 Å². The Balaban J connectivity index is 1.34. The largest absolute Gasteiger partial charge is 0.478 e. The summed E-state index contributed by atoms with van der Waals surface area (Å²) >= 11 is 5.93. The molecule has 3 heterocycles. The number of halogens is 1. The molecule has 1 aromatic heterocycles. The number of hydrogen-bond acceptors (Lipinski definition) is 4. The molecule has 4 rings (SSSR count). The van der Waals surface area contributed by atoms with Gasteiger partial charge in [-0.1, -0.05) is 23.7 Å². The van der Waals surface area contributed by atoms with Crippen LogP contribution in [0.1, 0.15) is 22.5 Å². The third-order valence-electron chi connectivity index (χ3n) is 4.71. The van der Waals surface area contributed by atoms with Crippen molar-refractivity contribution in [3.63, 3.8) is 0 Å². The van der Waals surface area contributed by atoms with E-state index in [4.69, 9.17) is 16.3 Å². The summed E-state index contributed by atoms with van der Waals surface area (Å²) in [5.74, 6) is 0.701. The summed E-state index contributed by atoms with van der Waals surface area (Å²) in [5, 5.41) is 5.15. The van der Waals surface area contributed by atoms with Crippen LogP contribution in [0.5, 0.6) is 5.88 Å². The van der Waals surface area contributed by atoms with Crippen LogP contribution in [-0.4, -0.2) is 58.3 Å². The van der Waals surface area contributed by atoms with Gasteiger partial charge in [-0.05, 0) is 17.7 Å². The molecule has 1 saturated heterocycles. The van der Waals surface area contributed by atoms with E-state index in [0.717, 1.165) is 50.7 Å². The Hall–Kier alpha value is -2.05. The molecule has 0 bridgehead atoms. The van der Waals surface area contributed by atoms with Crippen LogP contribution < -0.4 is 4.74 Å². The number of carbonyl (C=O) groups excluding carboxylic acids is 1. The first-order valence-corrected chi connectivity index (χ1v) is 9.03. The smallest absolute Gasteiger partial charge is 0.274 e. The van der Waals surface area contributed by atoms with Crippen LogP contribution in [0.3, 0.4) is 0 Å². The fraction of sp³-hybridized carbons (Fsp3) is 0.444. The van der Waals surface area contributed by atoms with Crippen LogP contribution in [0.15, 0.2) is 30.3 Å². The molecule has 0 unspecified atom stereocenters. The van der Waals surface area contributed by atoms with Crippen LogP contribution >= 0.6 is 11.6 Å². The Morgan fingerprint density at radius 3 is 2.60 bits per heavy atom. The lowest BCUT2D eigenvalue weighted by Crippen LogP contribution is -2.48. The summed E-state index contributed by atoms with van der Waals surface area (Å²) < 4.78 is 7.33. The van der Waals surface area contributed by atoms with Gasteiger partial charge in [0, 0.05) is 56.8 Å². The van der Waals surface area contributed by atoms with Gasteiger partial charge in [-0.3, -0.25) is 9.69 Å². The Morgan fingerprint density at radius 2 is 1.88 bits per heavy atom. The Bertz CT molecular complexity index is 727. The fourth-order valence-corrected chi connectivity index (χ4v) is 3.42. The number of rotatable bonds is 3. The third kappa shape index (κ3) is 3.65. The number of benzene rings is 1. The molecule has 132 valence electrons. The van der Waals surface area contributed by atoms with Crippen LogP contribution in [0.25, 0.3) is 0 Å². The summed E-state index contributed by atoms with van der Waals surface area (Å²) in [6, 6.07) is 9.70. The average molecular weight is 361 g/mol. The maximum atomic E-state index is 12.7. The van der Waals surface area contributed by atoms with Gasteiger partial charge in [-0.2, -0.15) is 5.10 Å². The zero-order valence-electron chi connectivity index (χ0n) is 14.0. The highest BCUT2D eigenvalue weighted by molar-refractivity contribution is 6.30. The number of nitrogens with zero attached hydrogens (tertiary/aromatic N) is 4. The van der Waals surface area contributed by atoms with Gasteiger partial charge in [0.1, 0.15) is 0 Å². The summed E-state index contributed by atoms with van der Waals surface area (Å²) in [4.78, 5) is 16.9. The predicted octanol–water partition coefficient (Wildman–Crippen LogP) is 2.28. The van der Waals surface area contributed by atoms with Crippen molar-refractivity contribution in [2.45, 2.75) is 19.5 Å². The number of ether oxygens (including phenoxy) is 1. The summed E-state index contributed by atoms with van der Waals surface area (Å²) in [6.45, 7) is 5.55. The minimum absolute atomic E-state index is 0.00311. The first-order chi connectivity index (χ1) is 12.2. The molecule has 2 aliphatic heterocycles. The molecule has 6 nitrogen and oxygen atoms in total. The van der Waals surface area contributed by atoms with E-state index in [1.807, 2.05) is 17.0 Å². The Labute approximate surface area is 151 Å². The second kappa shape index (κ2) is 7.06. The molecule has 1 fully saturated rings. The average Bonchev–Trinajstić information content (AvgIpc) is 3.08. The molecule has 0 radical (unpaired) electrons. The molecule has 0 N–H and O–H groups in total. The minimum Gasteiger partial charge on any atom is -0.478 e. The van der Waals surface area contributed by atoms with Crippen LogP contribution in [0, 0.1) is 0 Å². The predicted molar refractivity (Wildman–Crippen MR) is 95.0 cm³/mol. The highest BCUT2D eigenvalue weighted by atomic mass is 35.5. The molecule has 1 amide bonds. The van der Waals surface area contributed by atoms with E-state index < -0.39 is 0 Å². The van der Waals surface area contributed by atoms with Gasteiger partial charge < -0.3 is 9.64 Å². The number of aryl methyl sites for hydroxylation is 1. The van der Waals surface area contributed by atoms with Crippen molar-refractivity contribution < 1.29 is 9.53 Å². The lowest BCUT2D eigenvalue weighted by atomic mass is 10.2. The molecule has 0 atom stereocenters. The van der Waals surface area contributed by atoms with Crippen molar-refractivity contribution >= 4 is 17.5 Å². The van der Waals surface area contributed by atoms with Gasteiger partial charge in [0.25, 0.3) is 5.91 Å². The highest BCUT2D eigenvalue weighted by Gasteiger charge is 2.25. The number of carbonyl (C=O) groups is 1. The molecule has 0 spiro atoms. The molecule has 2 aromatic rings. The lowest BCUT2D eigenvalue weighted by Gasteiger charge is -2.34. The zero-order valence-corrected chi connectivity index (χ0v) is 14.8. The quantitative estimate of drug-likeness (QED) is 0.842.